The number of esters is 1. The Bertz CT molecular complexity index is 995. The van der Waals surface area contributed by atoms with Crippen molar-refractivity contribution in [2.45, 2.75) is 19.8 Å². The first-order valence-corrected chi connectivity index (χ1v) is 8.48. The number of hydrogen-bond donors (Lipinski definition) is 1. The van der Waals surface area contributed by atoms with E-state index in [1.807, 2.05) is 13.0 Å². The first-order chi connectivity index (χ1) is 12.6. The van der Waals surface area contributed by atoms with Crippen molar-refractivity contribution in [3.05, 3.63) is 58.4 Å². The zero-order valence-corrected chi connectivity index (χ0v) is 14.7. The Labute approximate surface area is 150 Å². The second-order valence-corrected chi connectivity index (χ2v) is 5.84. The summed E-state index contributed by atoms with van der Waals surface area (Å²) >= 11 is 0. The van der Waals surface area contributed by atoms with Gasteiger partial charge in [-0.3, -0.25) is 4.79 Å². The summed E-state index contributed by atoms with van der Waals surface area (Å²) in [5.41, 5.74) is 1.36. The number of aromatic amines is 1. The average Bonchev–Trinajstić information content (AvgIpc) is 2.67. The molecule has 0 amide bonds. The number of nitrogens with one attached hydrogen (secondary N) is 1. The van der Waals surface area contributed by atoms with Gasteiger partial charge in [-0.2, -0.15) is 0 Å². The van der Waals surface area contributed by atoms with E-state index in [-0.39, 0.29) is 5.56 Å². The number of fused-ring (bicyclic) bond motifs is 1. The van der Waals surface area contributed by atoms with Crippen molar-refractivity contribution >= 4 is 16.9 Å². The number of para-hydroxylation sites is 1. The topological polar surface area (TPSA) is 81.3 Å². The van der Waals surface area contributed by atoms with Crippen molar-refractivity contribution in [2.75, 3.05) is 13.7 Å². The molecule has 0 aliphatic rings. The molecular weight excluding hydrogens is 332 g/mol. The normalized spacial score (nSPS) is 10.7. The minimum Gasteiger partial charge on any atom is -0.496 e. The monoisotopic (exact) mass is 352 g/mol. The molecule has 3 aromatic rings. The number of nitrogens with zero attached hydrogens (tertiary/aromatic N) is 1. The molecule has 0 unspecified atom stereocenters. The molecular formula is C20H20N2O4. The van der Waals surface area contributed by atoms with Crippen molar-refractivity contribution in [3.8, 4) is 17.1 Å². The summed E-state index contributed by atoms with van der Waals surface area (Å²) < 4.78 is 10.6. The second-order valence-electron chi connectivity index (χ2n) is 5.84. The maximum absolute atomic E-state index is 12.3. The van der Waals surface area contributed by atoms with Crippen LogP contribution < -0.4 is 10.3 Å². The molecule has 0 spiro atoms. The molecule has 0 radical (unpaired) electrons. The van der Waals surface area contributed by atoms with Crippen LogP contribution in [-0.2, 0) is 4.74 Å². The smallest absolute Gasteiger partial charge is 0.338 e. The molecule has 0 atom stereocenters. The number of benzene rings is 2. The van der Waals surface area contributed by atoms with Gasteiger partial charge in [0, 0.05) is 0 Å². The maximum atomic E-state index is 12.3. The molecule has 1 aromatic heterocycles. The number of H-pyrrole nitrogens is 1. The van der Waals surface area contributed by atoms with Gasteiger partial charge < -0.3 is 14.5 Å². The number of ether oxygens (including phenoxy) is 2. The van der Waals surface area contributed by atoms with E-state index in [2.05, 4.69) is 9.97 Å². The van der Waals surface area contributed by atoms with Crippen molar-refractivity contribution in [2.24, 2.45) is 0 Å². The number of methoxy groups -OCH3 is 1. The zero-order chi connectivity index (χ0) is 18.5. The molecule has 1 N–H and O–H groups in total. The fourth-order valence-electron chi connectivity index (χ4n) is 2.62. The molecule has 26 heavy (non-hydrogen) atoms. The Morgan fingerprint density at radius 3 is 2.77 bits per heavy atom. The van der Waals surface area contributed by atoms with E-state index in [1.54, 1.807) is 36.4 Å². The van der Waals surface area contributed by atoms with E-state index in [1.165, 1.54) is 7.11 Å². The summed E-state index contributed by atoms with van der Waals surface area (Å²) in [6.07, 6.45) is 1.78. The van der Waals surface area contributed by atoms with Crippen LogP contribution in [0.1, 0.15) is 30.1 Å². The minimum absolute atomic E-state index is 0.226. The lowest BCUT2D eigenvalue weighted by atomic mass is 10.1. The van der Waals surface area contributed by atoms with Gasteiger partial charge >= 0.3 is 5.97 Å². The fourth-order valence-corrected chi connectivity index (χ4v) is 2.62. The number of rotatable bonds is 6. The van der Waals surface area contributed by atoms with Crippen molar-refractivity contribution in [1.29, 1.82) is 0 Å². The number of carbonyl (C=O) groups is 1. The van der Waals surface area contributed by atoms with Gasteiger partial charge in [0.2, 0.25) is 0 Å². The summed E-state index contributed by atoms with van der Waals surface area (Å²) in [7, 11) is 1.50. The lowest BCUT2D eigenvalue weighted by Crippen LogP contribution is -2.10. The molecule has 1 heterocycles. The van der Waals surface area contributed by atoms with Gasteiger partial charge in [-0.1, -0.05) is 25.5 Å². The first kappa shape index (κ1) is 17.7. The van der Waals surface area contributed by atoms with Crippen LogP contribution in [0.5, 0.6) is 5.75 Å². The molecule has 0 saturated carbocycles. The van der Waals surface area contributed by atoms with Crippen LogP contribution >= 0.6 is 0 Å². The molecule has 6 heteroatoms. The second kappa shape index (κ2) is 7.82. The van der Waals surface area contributed by atoms with Crippen molar-refractivity contribution < 1.29 is 14.3 Å². The maximum Gasteiger partial charge on any atom is 0.338 e. The number of hydrogen-bond acceptors (Lipinski definition) is 5. The third kappa shape index (κ3) is 3.59. The highest BCUT2D eigenvalue weighted by Gasteiger charge is 2.15. The third-order valence-corrected chi connectivity index (χ3v) is 4.04. The first-order valence-electron chi connectivity index (χ1n) is 8.48. The Morgan fingerprint density at radius 2 is 2.00 bits per heavy atom. The van der Waals surface area contributed by atoms with Crippen LogP contribution in [0.4, 0.5) is 0 Å². The van der Waals surface area contributed by atoms with Crippen LogP contribution in [0.15, 0.2) is 47.3 Å². The van der Waals surface area contributed by atoms with Crippen molar-refractivity contribution in [3.63, 3.8) is 0 Å². The molecule has 0 bridgehead atoms. The largest absolute Gasteiger partial charge is 0.496 e. The van der Waals surface area contributed by atoms with Crippen LogP contribution in [-0.4, -0.2) is 29.7 Å². The number of carbonyl (C=O) groups excluding carboxylic acids is 1. The molecule has 0 aliphatic heterocycles. The molecule has 0 aliphatic carbocycles. The number of unbranched alkanes of at least 4 members (excludes halogenated alkanes) is 1. The molecule has 3 rings (SSSR count). The van der Waals surface area contributed by atoms with E-state index in [0.717, 1.165) is 12.8 Å². The van der Waals surface area contributed by atoms with Crippen LogP contribution in [0.3, 0.4) is 0 Å². The Morgan fingerprint density at radius 1 is 1.19 bits per heavy atom. The summed E-state index contributed by atoms with van der Waals surface area (Å²) in [5, 5.41) is 0.520. The van der Waals surface area contributed by atoms with Crippen LogP contribution in [0.25, 0.3) is 22.3 Å². The highest BCUT2D eigenvalue weighted by Crippen LogP contribution is 2.29. The van der Waals surface area contributed by atoms with E-state index in [0.29, 0.717) is 40.2 Å². The highest BCUT2D eigenvalue weighted by molar-refractivity contribution is 5.91. The minimum atomic E-state index is -0.400. The fraction of sp³-hybridized carbons (Fsp3) is 0.250. The van der Waals surface area contributed by atoms with Gasteiger partial charge in [0.05, 0.1) is 35.7 Å². The van der Waals surface area contributed by atoms with Gasteiger partial charge in [0.15, 0.2) is 0 Å². The Balaban J connectivity index is 1.98. The number of aromatic nitrogens is 2. The molecule has 0 saturated heterocycles. The van der Waals surface area contributed by atoms with Crippen molar-refractivity contribution in [1.82, 2.24) is 9.97 Å². The standard InChI is InChI=1S/C20H20N2O4/c1-3-4-11-26-20(24)13-9-10-15(17(12-13)25-2)18-21-16-8-6-5-7-14(16)19(23)22-18/h5-10,12H,3-4,11H2,1-2H3,(H,21,22,23). The van der Waals surface area contributed by atoms with E-state index in [9.17, 15) is 9.59 Å². The van der Waals surface area contributed by atoms with Gasteiger partial charge in [-0.25, -0.2) is 9.78 Å². The van der Waals surface area contributed by atoms with Gasteiger partial charge in [0.1, 0.15) is 11.6 Å². The van der Waals surface area contributed by atoms with Gasteiger partial charge in [-0.05, 0) is 36.8 Å². The summed E-state index contributed by atoms with van der Waals surface area (Å²) in [6.45, 7) is 2.42. The summed E-state index contributed by atoms with van der Waals surface area (Å²) in [6, 6.07) is 12.0. The third-order valence-electron chi connectivity index (χ3n) is 4.04. The SMILES string of the molecule is CCCCOC(=O)c1ccc(-c2nc3ccccc3c(=O)[nH]2)c(OC)c1. The van der Waals surface area contributed by atoms with Gasteiger partial charge in [0.25, 0.3) is 5.56 Å². The average molecular weight is 352 g/mol. The molecule has 134 valence electrons. The zero-order valence-electron chi connectivity index (χ0n) is 14.7. The summed E-state index contributed by atoms with van der Waals surface area (Å²) in [4.78, 5) is 31.7. The van der Waals surface area contributed by atoms with E-state index >= 15 is 0 Å². The lowest BCUT2D eigenvalue weighted by molar-refractivity contribution is 0.0499. The Hall–Kier alpha value is -3.15. The Kier molecular flexibility index (Phi) is 5.31. The molecule has 0 fully saturated rings. The predicted molar refractivity (Wildman–Crippen MR) is 99.5 cm³/mol. The molecule has 2 aromatic carbocycles. The van der Waals surface area contributed by atoms with E-state index < -0.39 is 5.97 Å². The quantitative estimate of drug-likeness (QED) is 0.542. The highest BCUT2D eigenvalue weighted by atomic mass is 16.5. The predicted octanol–water partition coefficient (Wildman–Crippen LogP) is 3.56. The van der Waals surface area contributed by atoms with Crippen LogP contribution in [0.2, 0.25) is 0 Å². The van der Waals surface area contributed by atoms with E-state index in [4.69, 9.17) is 9.47 Å². The molecule has 6 nitrogen and oxygen atoms in total. The summed E-state index contributed by atoms with van der Waals surface area (Å²) in [5.74, 6) is 0.424. The lowest BCUT2D eigenvalue weighted by Gasteiger charge is -2.11. The van der Waals surface area contributed by atoms with Crippen LogP contribution in [0, 0.1) is 0 Å². The van der Waals surface area contributed by atoms with Gasteiger partial charge in [-0.15, -0.1) is 0 Å².